The van der Waals surface area contributed by atoms with Gasteiger partial charge in [-0.25, -0.2) is 9.18 Å². The van der Waals surface area contributed by atoms with Crippen LogP contribution in [-0.4, -0.2) is 34.9 Å². The van der Waals surface area contributed by atoms with Gasteiger partial charge in [0.25, 0.3) is 11.6 Å². The first-order chi connectivity index (χ1) is 13.4. The number of nitro groups is 1. The fraction of sp³-hybridized carbons (Fsp3) is 0.263. The molecule has 1 N–H and O–H groups in total. The summed E-state index contributed by atoms with van der Waals surface area (Å²) in [4.78, 5) is 36.6. The van der Waals surface area contributed by atoms with Crippen LogP contribution >= 0.6 is 0 Å². The monoisotopic (exact) mass is 387 g/mol. The van der Waals surface area contributed by atoms with Crippen molar-refractivity contribution in [1.29, 1.82) is 0 Å². The highest BCUT2D eigenvalue weighted by Gasteiger charge is 2.51. The van der Waals surface area contributed by atoms with Gasteiger partial charge < -0.3 is 10.1 Å². The normalized spacial score (nSPS) is 18.9. The van der Waals surface area contributed by atoms with Gasteiger partial charge in [0, 0.05) is 6.07 Å². The number of ether oxygens (including phenoxy) is 1. The molecule has 146 valence electrons. The van der Waals surface area contributed by atoms with Gasteiger partial charge in [0.15, 0.2) is 0 Å². The molecule has 0 aromatic heterocycles. The Kier molecular flexibility index (Phi) is 5.25. The summed E-state index contributed by atoms with van der Waals surface area (Å²) in [6.07, 6.45) is 0.297. The lowest BCUT2D eigenvalue weighted by Gasteiger charge is -2.25. The third-order valence-corrected chi connectivity index (χ3v) is 4.66. The quantitative estimate of drug-likeness (QED) is 0.447. The summed E-state index contributed by atoms with van der Waals surface area (Å²) >= 11 is 0. The summed E-state index contributed by atoms with van der Waals surface area (Å²) in [6, 6.07) is 10.5. The molecule has 0 aliphatic carbocycles. The van der Waals surface area contributed by atoms with E-state index in [2.05, 4.69) is 5.32 Å². The number of carbonyl (C=O) groups is 2. The van der Waals surface area contributed by atoms with Crippen LogP contribution in [0.15, 0.2) is 48.5 Å². The van der Waals surface area contributed by atoms with Crippen molar-refractivity contribution >= 4 is 17.6 Å². The predicted octanol–water partition coefficient (Wildman–Crippen LogP) is 2.97. The highest BCUT2D eigenvalue weighted by atomic mass is 19.1. The van der Waals surface area contributed by atoms with Crippen molar-refractivity contribution < 1.29 is 23.6 Å². The Bertz CT molecular complexity index is 918. The molecular formula is C19H18FN3O5. The topological polar surface area (TPSA) is 102 Å². The molecule has 1 saturated heterocycles. The predicted molar refractivity (Wildman–Crippen MR) is 97.2 cm³/mol. The summed E-state index contributed by atoms with van der Waals surface area (Å²) in [5, 5.41) is 13.5. The summed E-state index contributed by atoms with van der Waals surface area (Å²) in [5.41, 5.74) is -0.873. The molecule has 1 fully saturated rings. The molecule has 2 aromatic carbocycles. The SMILES string of the molecule is CC[C@@]1(c2ccc(F)cc2)NC(=O)N(CCOc2cccc([N+](=O)[O-])c2)C1=O. The van der Waals surface area contributed by atoms with E-state index >= 15 is 0 Å². The van der Waals surface area contributed by atoms with E-state index < -0.39 is 28.2 Å². The third-order valence-electron chi connectivity index (χ3n) is 4.66. The fourth-order valence-electron chi connectivity index (χ4n) is 3.14. The number of carbonyl (C=O) groups excluding carboxylic acids is 2. The van der Waals surface area contributed by atoms with E-state index in [-0.39, 0.29) is 24.6 Å². The number of non-ortho nitro benzene ring substituents is 1. The van der Waals surface area contributed by atoms with Crippen molar-refractivity contribution in [3.8, 4) is 5.75 Å². The number of urea groups is 1. The number of hydrogen-bond donors (Lipinski definition) is 1. The zero-order valence-electron chi connectivity index (χ0n) is 15.1. The summed E-state index contributed by atoms with van der Waals surface area (Å²) in [6.45, 7) is 1.70. The molecule has 0 radical (unpaired) electrons. The van der Waals surface area contributed by atoms with Crippen molar-refractivity contribution in [2.24, 2.45) is 0 Å². The van der Waals surface area contributed by atoms with Gasteiger partial charge in [-0.3, -0.25) is 19.8 Å². The number of imide groups is 1. The second-order valence-corrected chi connectivity index (χ2v) is 6.26. The lowest BCUT2D eigenvalue weighted by molar-refractivity contribution is -0.384. The van der Waals surface area contributed by atoms with E-state index in [0.29, 0.717) is 12.0 Å². The van der Waals surface area contributed by atoms with Gasteiger partial charge in [-0.1, -0.05) is 25.1 Å². The van der Waals surface area contributed by atoms with Crippen LogP contribution in [0.25, 0.3) is 0 Å². The highest BCUT2D eigenvalue weighted by molar-refractivity contribution is 6.07. The first-order valence-corrected chi connectivity index (χ1v) is 8.65. The van der Waals surface area contributed by atoms with Crippen molar-refractivity contribution in [2.45, 2.75) is 18.9 Å². The number of halogens is 1. The Balaban J connectivity index is 1.70. The molecule has 9 heteroatoms. The van der Waals surface area contributed by atoms with Crippen molar-refractivity contribution in [1.82, 2.24) is 10.2 Å². The van der Waals surface area contributed by atoms with Gasteiger partial charge in [-0.15, -0.1) is 0 Å². The maximum atomic E-state index is 13.2. The molecule has 8 nitrogen and oxygen atoms in total. The van der Waals surface area contributed by atoms with Gasteiger partial charge >= 0.3 is 6.03 Å². The second-order valence-electron chi connectivity index (χ2n) is 6.26. The molecule has 0 spiro atoms. The maximum Gasteiger partial charge on any atom is 0.325 e. The van der Waals surface area contributed by atoms with Gasteiger partial charge in [0.2, 0.25) is 0 Å². The van der Waals surface area contributed by atoms with E-state index in [1.54, 1.807) is 13.0 Å². The Hall–Kier alpha value is -3.49. The minimum Gasteiger partial charge on any atom is -0.491 e. The standard InChI is InChI=1S/C19H18FN3O5/c1-2-19(13-6-8-14(20)9-7-13)17(24)22(18(25)21-19)10-11-28-16-5-3-4-15(12-16)23(26)27/h3-9,12H,2,10-11H2,1H3,(H,21,25)/t19-/m0/s1. The van der Waals surface area contributed by atoms with Gasteiger partial charge in [-0.2, -0.15) is 0 Å². The molecule has 2 aromatic rings. The van der Waals surface area contributed by atoms with E-state index in [1.165, 1.54) is 42.5 Å². The number of hydrogen-bond acceptors (Lipinski definition) is 5. The highest BCUT2D eigenvalue weighted by Crippen LogP contribution is 2.32. The Morgan fingerprint density at radius 1 is 1.21 bits per heavy atom. The van der Waals surface area contributed by atoms with Crippen LogP contribution in [0.3, 0.4) is 0 Å². The number of benzene rings is 2. The van der Waals surface area contributed by atoms with E-state index in [9.17, 15) is 24.1 Å². The molecular weight excluding hydrogens is 369 g/mol. The average Bonchev–Trinajstić information content (AvgIpc) is 2.94. The molecule has 1 heterocycles. The minimum absolute atomic E-state index is 0.0243. The Morgan fingerprint density at radius 3 is 2.57 bits per heavy atom. The van der Waals surface area contributed by atoms with E-state index in [1.807, 2.05) is 0 Å². The summed E-state index contributed by atoms with van der Waals surface area (Å²) < 4.78 is 18.7. The molecule has 1 aliphatic heterocycles. The number of amides is 3. The van der Waals surface area contributed by atoms with Gasteiger partial charge in [0.05, 0.1) is 17.5 Å². The second kappa shape index (κ2) is 7.63. The number of nitro benzene ring substituents is 1. The maximum absolute atomic E-state index is 13.2. The largest absolute Gasteiger partial charge is 0.491 e. The van der Waals surface area contributed by atoms with Crippen LogP contribution < -0.4 is 10.1 Å². The molecule has 0 saturated carbocycles. The molecule has 28 heavy (non-hydrogen) atoms. The lowest BCUT2D eigenvalue weighted by atomic mass is 9.87. The van der Waals surface area contributed by atoms with Crippen LogP contribution in [-0.2, 0) is 10.3 Å². The molecule has 3 amide bonds. The summed E-state index contributed by atoms with van der Waals surface area (Å²) in [7, 11) is 0. The van der Waals surface area contributed by atoms with Crippen LogP contribution in [0.4, 0.5) is 14.9 Å². The van der Waals surface area contributed by atoms with Crippen LogP contribution in [0.5, 0.6) is 5.75 Å². The molecule has 0 bridgehead atoms. The zero-order valence-corrected chi connectivity index (χ0v) is 15.1. The van der Waals surface area contributed by atoms with Crippen molar-refractivity contribution in [2.75, 3.05) is 13.2 Å². The molecule has 1 atom stereocenters. The molecule has 1 aliphatic rings. The van der Waals surface area contributed by atoms with E-state index in [4.69, 9.17) is 4.74 Å². The Labute approximate surface area is 160 Å². The average molecular weight is 387 g/mol. The minimum atomic E-state index is -1.25. The number of nitrogens with zero attached hydrogens (tertiary/aromatic N) is 2. The fourth-order valence-corrected chi connectivity index (χ4v) is 3.14. The third kappa shape index (κ3) is 3.51. The first kappa shape index (κ1) is 19.3. The van der Waals surface area contributed by atoms with Crippen LogP contribution in [0.2, 0.25) is 0 Å². The van der Waals surface area contributed by atoms with Crippen LogP contribution in [0, 0.1) is 15.9 Å². The van der Waals surface area contributed by atoms with E-state index in [0.717, 1.165) is 4.90 Å². The summed E-state index contributed by atoms with van der Waals surface area (Å²) in [5.74, 6) is -0.621. The number of nitrogens with one attached hydrogen (secondary N) is 1. The van der Waals surface area contributed by atoms with Crippen LogP contribution in [0.1, 0.15) is 18.9 Å². The number of rotatable bonds is 7. The van der Waals surface area contributed by atoms with Crippen molar-refractivity contribution in [3.05, 3.63) is 70.0 Å². The zero-order chi connectivity index (χ0) is 20.3. The van der Waals surface area contributed by atoms with Gasteiger partial charge in [0.1, 0.15) is 23.7 Å². The van der Waals surface area contributed by atoms with Gasteiger partial charge in [-0.05, 0) is 30.2 Å². The molecule has 3 rings (SSSR count). The van der Waals surface area contributed by atoms with Crippen molar-refractivity contribution in [3.63, 3.8) is 0 Å². The molecule has 0 unspecified atom stereocenters. The Morgan fingerprint density at radius 2 is 1.93 bits per heavy atom. The first-order valence-electron chi connectivity index (χ1n) is 8.65. The smallest absolute Gasteiger partial charge is 0.325 e. The lowest BCUT2D eigenvalue weighted by Crippen LogP contribution is -2.43.